The van der Waals surface area contributed by atoms with E-state index >= 15 is 0 Å². The van der Waals surface area contributed by atoms with Crippen LogP contribution in [0.3, 0.4) is 0 Å². The number of hydrogen-bond acceptors (Lipinski definition) is 4. The number of hydrogen-bond donors (Lipinski definition) is 0. The highest BCUT2D eigenvalue weighted by Gasteiger charge is 2.19. The summed E-state index contributed by atoms with van der Waals surface area (Å²) in [7, 11) is 0. The predicted octanol–water partition coefficient (Wildman–Crippen LogP) is 4.59. The monoisotopic (exact) mass is 397 g/mol. The highest BCUT2D eigenvalue weighted by Crippen LogP contribution is 2.26. The Labute approximate surface area is 177 Å². The average Bonchev–Trinajstić information content (AvgIpc) is 3.23. The first-order valence-electron chi connectivity index (χ1n) is 10.7. The lowest BCUT2D eigenvalue weighted by molar-refractivity contribution is 0.209. The van der Waals surface area contributed by atoms with Crippen molar-refractivity contribution >= 4 is 11.3 Å². The summed E-state index contributed by atoms with van der Waals surface area (Å²) in [6.07, 6.45) is 5.85. The average molecular weight is 398 g/mol. The van der Waals surface area contributed by atoms with Crippen molar-refractivity contribution in [2.45, 2.75) is 19.9 Å². The quantitative estimate of drug-likeness (QED) is 0.505. The van der Waals surface area contributed by atoms with Gasteiger partial charge in [0.15, 0.2) is 5.65 Å². The van der Waals surface area contributed by atoms with E-state index in [-0.39, 0.29) is 0 Å². The Morgan fingerprint density at radius 1 is 0.767 bits per heavy atom. The van der Waals surface area contributed by atoms with Crippen LogP contribution in [-0.4, -0.2) is 51.5 Å². The Bertz CT molecular complexity index is 1120. The van der Waals surface area contributed by atoms with Crippen LogP contribution >= 0.6 is 0 Å². The van der Waals surface area contributed by atoms with Crippen LogP contribution in [0.15, 0.2) is 73.2 Å². The molecule has 1 saturated heterocycles. The van der Waals surface area contributed by atoms with Gasteiger partial charge < -0.3 is 4.90 Å². The van der Waals surface area contributed by atoms with Crippen molar-refractivity contribution in [2.24, 2.45) is 0 Å². The molecular formula is C25H27N5. The Morgan fingerprint density at radius 3 is 2.20 bits per heavy atom. The zero-order chi connectivity index (χ0) is 20.5. The summed E-state index contributed by atoms with van der Waals surface area (Å²) in [6.45, 7) is 8.96. The molecule has 0 unspecified atom stereocenters. The van der Waals surface area contributed by atoms with E-state index in [0.29, 0.717) is 6.04 Å². The lowest BCUT2D eigenvalue weighted by Gasteiger charge is -2.38. The summed E-state index contributed by atoms with van der Waals surface area (Å²) in [5, 5.41) is 0. The zero-order valence-electron chi connectivity index (χ0n) is 17.6. The standard InChI is InChI=1S/C25H27N5/c1-19(2)28-12-14-29(15-13-28)22-10-8-20(9-11-22)23-18-30-24(16-27-25(30)17-26-23)21-6-4-3-5-7-21/h3-11,16-19H,12-15H2,1-2H3. The molecule has 0 aliphatic carbocycles. The van der Waals surface area contributed by atoms with E-state index < -0.39 is 0 Å². The van der Waals surface area contributed by atoms with Crippen LogP contribution in [0.25, 0.3) is 28.2 Å². The number of fused-ring (bicyclic) bond motifs is 1. The lowest BCUT2D eigenvalue weighted by atomic mass is 10.1. The summed E-state index contributed by atoms with van der Waals surface area (Å²) in [6, 6.07) is 19.8. The molecule has 5 rings (SSSR count). The van der Waals surface area contributed by atoms with E-state index in [1.54, 1.807) is 0 Å². The number of rotatable bonds is 4. The number of benzene rings is 2. The van der Waals surface area contributed by atoms with Crippen molar-refractivity contribution in [3.63, 3.8) is 0 Å². The minimum absolute atomic E-state index is 0.625. The van der Waals surface area contributed by atoms with Gasteiger partial charge in [-0.05, 0) is 26.0 Å². The maximum atomic E-state index is 4.65. The molecule has 1 aliphatic heterocycles. The topological polar surface area (TPSA) is 36.7 Å². The molecule has 5 nitrogen and oxygen atoms in total. The molecule has 0 radical (unpaired) electrons. The number of nitrogens with zero attached hydrogens (tertiary/aromatic N) is 5. The molecule has 5 heteroatoms. The number of imidazole rings is 1. The second-order valence-corrected chi connectivity index (χ2v) is 8.17. The Morgan fingerprint density at radius 2 is 1.50 bits per heavy atom. The molecular weight excluding hydrogens is 370 g/mol. The van der Waals surface area contributed by atoms with Crippen molar-refractivity contribution in [1.29, 1.82) is 0 Å². The number of anilines is 1. The highest BCUT2D eigenvalue weighted by atomic mass is 15.3. The summed E-state index contributed by atoms with van der Waals surface area (Å²) in [5.41, 5.74) is 6.45. The van der Waals surface area contributed by atoms with E-state index in [1.165, 1.54) is 5.69 Å². The van der Waals surface area contributed by atoms with Gasteiger partial charge in [0.1, 0.15) is 0 Å². The van der Waals surface area contributed by atoms with Crippen LogP contribution in [0.1, 0.15) is 13.8 Å². The summed E-state index contributed by atoms with van der Waals surface area (Å²) in [4.78, 5) is 14.2. The van der Waals surface area contributed by atoms with Gasteiger partial charge in [-0.15, -0.1) is 0 Å². The van der Waals surface area contributed by atoms with Gasteiger partial charge in [-0.1, -0.05) is 42.5 Å². The van der Waals surface area contributed by atoms with Crippen LogP contribution < -0.4 is 4.90 Å². The largest absolute Gasteiger partial charge is 0.369 e. The zero-order valence-corrected chi connectivity index (χ0v) is 17.6. The first-order chi connectivity index (χ1) is 14.7. The Hall–Kier alpha value is -3.18. The summed E-state index contributed by atoms with van der Waals surface area (Å²) >= 11 is 0. The molecule has 1 fully saturated rings. The van der Waals surface area contributed by atoms with Gasteiger partial charge in [-0.2, -0.15) is 0 Å². The Kier molecular flexibility index (Phi) is 4.97. The number of aromatic nitrogens is 3. The first kappa shape index (κ1) is 18.8. The van der Waals surface area contributed by atoms with Crippen molar-refractivity contribution in [2.75, 3.05) is 31.1 Å². The molecule has 0 saturated carbocycles. The molecule has 0 atom stereocenters. The molecule has 2 aromatic carbocycles. The molecule has 0 amide bonds. The van der Waals surface area contributed by atoms with Gasteiger partial charge in [0, 0.05) is 55.2 Å². The van der Waals surface area contributed by atoms with Gasteiger partial charge >= 0.3 is 0 Å². The normalized spacial score (nSPS) is 15.2. The molecule has 4 aromatic rings. The molecule has 1 aliphatic rings. The van der Waals surface area contributed by atoms with Gasteiger partial charge in [-0.3, -0.25) is 14.3 Å². The Balaban J connectivity index is 1.39. The van der Waals surface area contributed by atoms with Crippen LogP contribution in [0.5, 0.6) is 0 Å². The fourth-order valence-corrected chi connectivity index (χ4v) is 4.20. The fourth-order valence-electron chi connectivity index (χ4n) is 4.20. The molecule has 0 spiro atoms. The minimum Gasteiger partial charge on any atom is -0.369 e. The third-order valence-electron chi connectivity index (χ3n) is 6.04. The third-order valence-corrected chi connectivity index (χ3v) is 6.04. The first-order valence-corrected chi connectivity index (χ1v) is 10.7. The second kappa shape index (κ2) is 7.92. The maximum absolute atomic E-state index is 4.65. The predicted molar refractivity (Wildman–Crippen MR) is 123 cm³/mol. The van der Waals surface area contributed by atoms with Crippen molar-refractivity contribution in [3.05, 3.63) is 73.2 Å². The SMILES string of the molecule is CC(C)N1CCN(c2ccc(-c3cn4c(-c5ccccc5)cnc4cn3)cc2)CC1. The molecule has 2 aromatic heterocycles. The summed E-state index contributed by atoms with van der Waals surface area (Å²) in [5.74, 6) is 0. The smallest absolute Gasteiger partial charge is 0.155 e. The lowest BCUT2D eigenvalue weighted by Crippen LogP contribution is -2.48. The van der Waals surface area contributed by atoms with Crippen molar-refractivity contribution in [1.82, 2.24) is 19.3 Å². The van der Waals surface area contributed by atoms with Gasteiger partial charge in [-0.25, -0.2) is 4.98 Å². The molecule has 0 bridgehead atoms. The van der Waals surface area contributed by atoms with Gasteiger partial charge in [0.25, 0.3) is 0 Å². The van der Waals surface area contributed by atoms with E-state index in [9.17, 15) is 0 Å². The van der Waals surface area contributed by atoms with Crippen LogP contribution in [-0.2, 0) is 0 Å². The highest BCUT2D eigenvalue weighted by molar-refractivity contribution is 5.67. The van der Waals surface area contributed by atoms with E-state index in [1.807, 2.05) is 18.5 Å². The second-order valence-electron chi connectivity index (χ2n) is 8.17. The molecule has 0 N–H and O–H groups in total. The third kappa shape index (κ3) is 3.57. The number of piperazine rings is 1. The van der Waals surface area contributed by atoms with Gasteiger partial charge in [0.05, 0.1) is 23.8 Å². The molecule has 30 heavy (non-hydrogen) atoms. The minimum atomic E-state index is 0.625. The molecule has 3 heterocycles. The maximum Gasteiger partial charge on any atom is 0.155 e. The summed E-state index contributed by atoms with van der Waals surface area (Å²) < 4.78 is 2.12. The fraction of sp³-hybridized carbons (Fsp3) is 0.280. The van der Waals surface area contributed by atoms with Crippen LogP contribution in [0.4, 0.5) is 5.69 Å². The van der Waals surface area contributed by atoms with Crippen molar-refractivity contribution in [3.8, 4) is 22.5 Å². The van der Waals surface area contributed by atoms with E-state index in [0.717, 1.165) is 54.3 Å². The van der Waals surface area contributed by atoms with E-state index in [4.69, 9.17) is 0 Å². The van der Waals surface area contributed by atoms with E-state index in [2.05, 4.69) is 92.7 Å². The van der Waals surface area contributed by atoms with Crippen molar-refractivity contribution < 1.29 is 0 Å². The van der Waals surface area contributed by atoms with Crippen LogP contribution in [0.2, 0.25) is 0 Å². The van der Waals surface area contributed by atoms with Gasteiger partial charge in [0.2, 0.25) is 0 Å². The molecule has 152 valence electrons. The van der Waals surface area contributed by atoms with Crippen LogP contribution in [0, 0.1) is 0 Å².